The first kappa shape index (κ1) is 21.1. The molecular formula is C21H26ClFO5S. The monoisotopic (exact) mass is 444 g/mol. The summed E-state index contributed by atoms with van der Waals surface area (Å²) in [6.45, 7) is -0.0935. The molecule has 4 aliphatic rings. The van der Waals surface area contributed by atoms with Crippen LogP contribution >= 0.6 is 11.6 Å². The van der Waals surface area contributed by atoms with Gasteiger partial charge in [0.2, 0.25) is 0 Å². The third kappa shape index (κ3) is 4.47. The lowest BCUT2D eigenvalue weighted by Crippen LogP contribution is -2.48. The van der Waals surface area contributed by atoms with Crippen LogP contribution in [0.4, 0.5) is 4.39 Å². The molecule has 8 heteroatoms. The number of rotatable bonds is 8. The SMILES string of the molecule is O=C(CS(=O)(=O)CCO)c1cc(Cl)c(OCC23CC4CC(CC(C4)C2)C3)cc1F. The molecule has 0 spiro atoms. The van der Waals surface area contributed by atoms with Gasteiger partial charge in [-0.1, -0.05) is 11.6 Å². The number of Topliss-reactive ketones (excluding diaryl/α,β-unsaturated/α-hetero) is 1. The van der Waals surface area contributed by atoms with Crippen molar-refractivity contribution in [3.8, 4) is 5.75 Å². The van der Waals surface area contributed by atoms with Crippen LogP contribution in [0, 0.1) is 29.0 Å². The fourth-order valence-corrected chi connectivity index (χ4v) is 7.23. The molecule has 0 saturated heterocycles. The third-order valence-electron chi connectivity index (χ3n) is 6.77. The zero-order valence-corrected chi connectivity index (χ0v) is 17.8. The topological polar surface area (TPSA) is 80.7 Å². The number of carbonyl (C=O) groups is 1. The van der Waals surface area contributed by atoms with Crippen LogP contribution in [0.5, 0.6) is 5.75 Å². The second kappa shape index (κ2) is 7.82. The molecule has 0 heterocycles. The number of aliphatic hydroxyl groups is 1. The van der Waals surface area contributed by atoms with Crippen molar-refractivity contribution in [1.29, 1.82) is 0 Å². The van der Waals surface area contributed by atoms with Crippen molar-refractivity contribution in [1.82, 2.24) is 0 Å². The van der Waals surface area contributed by atoms with Gasteiger partial charge in [0.15, 0.2) is 15.6 Å². The zero-order chi connectivity index (χ0) is 20.8. The van der Waals surface area contributed by atoms with Crippen molar-refractivity contribution in [3.63, 3.8) is 0 Å². The van der Waals surface area contributed by atoms with Crippen molar-refractivity contribution >= 4 is 27.2 Å². The number of aliphatic hydroxyl groups excluding tert-OH is 1. The molecular weight excluding hydrogens is 419 g/mol. The van der Waals surface area contributed by atoms with Crippen molar-refractivity contribution < 1.29 is 27.4 Å². The predicted octanol–water partition coefficient (Wildman–Crippen LogP) is 3.66. The van der Waals surface area contributed by atoms with Gasteiger partial charge < -0.3 is 9.84 Å². The molecule has 4 fully saturated rings. The van der Waals surface area contributed by atoms with E-state index in [1.807, 2.05) is 0 Å². The highest BCUT2D eigenvalue weighted by Gasteiger charge is 2.51. The Kier molecular flexibility index (Phi) is 5.68. The Balaban J connectivity index is 1.46. The van der Waals surface area contributed by atoms with Crippen LogP contribution in [0.25, 0.3) is 0 Å². The second-order valence-electron chi connectivity index (χ2n) is 9.21. The summed E-state index contributed by atoms with van der Waals surface area (Å²) in [6.07, 6.45) is 7.43. The van der Waals surface area contributed by atoms with Gasteiger partial charge in [0.25, 0.3) is 0 Å². The first-order valence-corrected chi connectivity index (χ1v) is 12.3. The lowest BCUT2D eigenvalue weighted by atomic mass is 9.50. The van der Waals surface area contributed by atoms with Gasteiger partial charge in [-0.25, -0.2) is 12.8 Å². The minimum atomic E-state index is -3.80. The number of hydrogen-bond acceptors (Lipinski definition) is 5. The van der Waals surface area contributed by atoms with Gasteiger partial charge in [0.05, 0.1) is 29.6 Å². The van der Waals surface area contributed by atoms with E-state index in [2.05, 4.69) is 0 Å². The van der Waals surface area contributed by atoms with Crippen molar-refractivity contribution in [2.75, 3.05) is 24.7 Å². The molecule has 0 amide bonds. The molecule has 1 aromatic carbocycles. The standard InChI is InChI=1S/C21H26ClFO5S/c22-17-6-16(19(25)11-29(26,27)2-1-24)18(23)7-20(17)28-12-21-8-13-3-14(9-21)5-15(4-13)10-21/h6-7,13-15,24H,1-5,8-12H2. The van der Waals surface area contributed by atoms with Crippen molar-refractivity contribution in [2.45, 2.75) is 38.5 Å². The maximum Gasteiger partial charge on any atom is 0.180 e. The maximum atomic E-state index is 14.5. The molecule has 160 valence electrons. The lowest BCUT2D eigenvalue weighted by Gasteiger charge is -2.56. The Morgan fingerprint density at radius 3 is 2.31 bits per heavy atom. The quantitative estimate of drug-likeness (QED) is 0.619. The molecule has 5 rings (SSSR count). The molecule has 5 nitrogen and oxygen atoms in total. The van der Waals surface area contributed by atoms with Gasteiger partial charge in [0, 0.05) is 11.5 Å². The summed E-state index contributed by atoms with van der Waals surface area (Å²) in [5.41, 5.74) is -0.236. The van der Waals surface area contributed by atoms with E-state index in [4.69, 9.17) is 21.4 Å². The number of halogens is 2. The maximum absolute atomic E-state index is 14.5. The van der Waals surface area contributed by atoms with Gasteiger partial charge in [-0.2, -0.15) is 0 Å². The number of hydrogen-bond donors (Lipinski definition) is 1. The van der Waals surface area contributed by atoms with E-state index in [1.165, 1.54) is 19.3 Å². The van der Waals surface area contributed by atoms with Crippen LogP contribution in [-0.2, 0) is 9.84 Å². The summed E-state index contributed by atoms with van der Waals surface area (Å²) in [5, 5.41) is 8.86. The fourth-order valence-electron chi connectivity index (χ4n) is 6.04. The molecule has 1 aromatic rings. The largest absolute Gasteiger partial charge is 0.491 e. The molecule has 29 heavy (non-hydrogen) atoms. The van der Waals surface area contributed by atoms with Crippen molar-refractivity contribution in [3.05, 3.63) is 28.5 Å². The second-order valence-corrected chi connectivity index (χ2v) is 11.8. The molecule has 0 radical (unpaired) electrons. The molecule has 0 unspecified atom stereocenters. The summed E-state index contributed by atoms with van der Waals surface area (Å²) < 4.78 is 43.9. The first-order chi connectivity index (χ1) is 13.7. The number of carbonyl (C=O) groups excluding carboxylic acids is 1. The fraction of sp³-hybridized carbons (Fsp3) is 0.667. The Morgan fingerprint density at radius 2 is 1.76 bits per heavy atom. The summed E-state index contributed by atoms with van der Waals surface area (Å²) in [5.74, 6) is -0.623. The minimum Gasteiger partial charge on any atom is -0.491 e. The Labute approximate surface area is 175 Å². The van der Waals surface area contributed by atoms with E-state index in [1.54, 1.807) is 0 Å². The van der Waals surface area contributed by atoms with E-state index in [0.717, 1.165) is 49.1 Å². The normalized spacial score (nSPS) is 30.5. The van der Waals surface area contributed by atoms with Crippen LogP contribution in [0.2, 0.25) is 5.02 Å². The molecule has 0 aliphatic heterocycles. The highest BCUT2D eigenvalue weighted by molar-refractivity contribution is 7.92. The lowest BCUT2D eigenvalue weighted by molar-refractivity contribution is -0.0745. The number of benzene rings is 1. The molecule has 4 aliphatic carbocycles. The third-order valence-corrected chi connectivity index (χ3v) is 8.58. The highest BCUT2D eigenvalue weighted by Crippen LogP contribution is 2.60. The zero-order valence-electron chi connectivity index (χ0n) is 16.2. The summed E-state index contributed by atoms with van der Waals surface area (Å²) in [7, 11) is -3.80. The average Bonchev–Trinajstić information content (AvgIpc) is 2.60. The number of sulfone groups is 1. The van der Waals surface area contributed by atoms with Crippen LogP contribution in [0.15, 0.2) is 12.1 Å². The molecule has 4 saturated carbocycles. The van der Waals surface area contributed by atoms with Gasteiger partial charge in [-0.3, -0.25) is 4.79 Å². The van der Waals surface area contributed by atoms with E-state index < -0.39 is 39.6 Å². The summed E-state index contributed by atoms with van der Waals surface area (Å²) in [4.78, 5) is 12.2. The molecule has 0 atom stereocenters. The van der Waals surface area contributed by atoms with Crippen molar-refractivity contribution in [2.24, 2.45) is 23.2 Å². The van der Waals surface area contributed by atoms with E-state index in [0.29, 0.717) is 6.61 Å². The Bertz CT molecular complexity index is 879. The smallest absolute Gasteiger partial charge is 0.180 e. The van der Waals surface area contributed by atoms with E-state index >= 15 is 0 Å². The minimum absolute atomic E-state index is 0.0963. The Hall–Kier alpha value is -1.18. The van der Waals surface area contributed by atoms with Crippen LogP contribution < -0.4 is 4.74 Å². The average molecular weight is 445 g/mol. The first-order valence-electron chi connectivity index (χ1n) is 10.1. The number of ether oxygens (including phenoxy) is 1. The summed E-state index contributed by atoms with van der Waals surface area (Å²) >= 11 is 6.23. The van der Waals surface area contributed by atoms with Crippen LogP contribution in [-0.4, -0.2) is 44.0 Å². The summed E-state index contributed by atoms with van der Waals surface area (Å²) in [6, 6.07) is 2.22. The van der Waals surface area contributed by atoms with Gasteiger partial charge in [0.1, 0.15) is 17.3 Å². The van der Waals surface area contributed by atoms with E-state index in [-0.39, 0.29) is 21.8 Å². The van der Waals surface area contributed by atoms with Crippen LogP contribution in [0.3, 0.4) is 0 Å². The molecule has 0 aromatic heterocycles. The molecule has 1 N–H and O–H groups in total. The number of ketones is 1. The van der Waals surface area contributed by atoms with Crippen LogP contribution in [0.1, 0.15) is 48.9 Å². The Morgan fingerprint density at radius 1 is 1.17 bits per heavy atom. The highest BCUT2D eigenvalue weighted by atomic mass is 35.5. The molecule has 4 bridgehead atoms. The van der Waals surface area contributed by atoms with Gasteiger partial charge in [-0.05, 0) is 62.3 Å². The predicted molar refractivity (Wildman–Crippen MR) is 108 cm³/mol. The van der Waals surface area contributed by atoms with Gasteiger partial charge in [-0.15, -0.1) is 0 Å². The van der Waals surface area contributed by atoms with E-state index in [9.17, 15) is 17.6 Å². The van der Waals surface area contributed by atoms with Gasteiger partial charge >= 0.3 is 0 Å².